The zero-order valence-electron chi connectivity index (χ0n) is 16.3. The van der Waals surface area contributed by atoms with E-state index in [4.69, 9.17) is 9.73 Å². The van der Waals surface area contributed by atoms with Crippen molar-refractivity contribution in [1.82, 2.24) is 15.1 Å². The van der Waals surface area contributed by atoms with Gasteiger partial charge in [-0.05, 0) is 26.0 Å². The Hall–Kier alpha value is -2.41. The average molecular weight is 372 g/mol. The summed E-state index contributed by atoms with van der Waals surface area (Å²) in [6, 6.07) is 7.23. The van der Waals surface area contributed by atoms with Crippen LogP contribution in [0.3, 0.4) is 0 Å². The number of hydrogen-bond acceptors (Lipinski definition) is 6. The van der Waals surface area contributed by atoms with Crippen LogP contribution in [0, 0.1) is 12.8 Å². The SMILES string of the molecule is CCOC(=O)C1C(=O)NC(N2CCN(CC)CC2)=NC1c1cccc(C)c1. The van der Waals surface area contributed by atoms with Gasteiger partial charge >= 0.3 is 5.97 Å². The molecule has 7 nitrogen and oxygen atoms in total. The summed E-state index contributed by atoms with van der Waals surface area (Å²) >= 11 is 0. The minimum Gasteiger partial charge on any atom is -0.465 e. The normalized spacial score (nSPS) is 23.6. The average Bonchev–Trinajstić information content (AvgIpc) is 2.67. The monoisotopic (exact) mass is 372 g/mol. The molecule has 0 spiro atoms. The molecule has 1 aromatic carbocycles. The number of carbonyl (C=O) groups is 2. The van der Waals surface area contributed by atoms with E-state index in [0.29, 0.717) is 5.96 Å². The van der Waals surface area contributed by atoms with Crippen LogP contribution in [0.25, 0.3) is 0 Å². The zero-order chi connectivity index (χ0) is 19.4. The van der Waals surface area contributed by atoms with E-state index in [2.05, 4.69) is 22.0 Å². The molecule has 2 atom stereocenters. The number of aryl methyl sites for hydroxylation is 1. The highest BCUT2D eigenvalue weighted by molar-refractivity contribution is 6.08. The van der Waals surface area contributed by atoms with Crippen molar-refractivity contribution in [3.8, 4) is 0 Å². The molecular formula is C20H28N4O3. The van der Waals surface area contributed by atoms with E-state index in [1.165, 1.54) is 0 Å². The molecule has 146 valence electrons. The second-order valence-corrected chi connectivity index (χ2v) is 6.95. The van der Waals surface area contributed by atoms with Gasteiger partial charge in [0, 0.05) is 26.2 Å². The molecule has 0 radical (unpaired) electrons. The van der Waals surface area contributed by atoms with Gasteiger partial charge in [0.05, 0.1) is 6.61 Å². The largest absolute Gasteiger partial charge is 0.465 e. The molecule has 0 bridgehead atoms. The lowest BCUT2D eigenvalue weighted by Gasteiger charge is -2.38. The minimum absolute atomic E-state index is 0.235. The van der Waals surface area contributed by atoms with E-state index in [9.17, 15) is 9.59 Å². The number of nitrogens with one attached hydrogen (secondary N) is 1. The maximum Gasteiger partial charge on any atom is 0.321 e. The van der Waals surface area contributed by atoms with E-state index >= 15 is 0 Å². The van der Waals surface area contributed by atoms with Gasteiger partial charge in [-0.1, -0.05) is 36.8 Å². The second-order valence-electron chi connectivity index (χ2n) is 6.95. The zero-order valence-corrected chi connectivity index (χ0v) is 16.3. The topological polar surface area (TPSA) is 74.2 Å². The number of likely N-dealkylation sites (N-methyl/N-ethyl adjacent to an activating group) is 1. The number of benzene rings is 1. The maximum absolute atomic E-state index is 12.8. The quantitative estimate of drug-likeness (QED) is 0.638. The first kappa shape index (κ1) is 19.4. The predicted octanol–water partition coefficient (Wildman–Crippen LogP) is 1.34. The summed E-state index contributed by atoms with van der Waals surface area (Å²) in [4.78, 5) is 34.5. The Morgan fingerprint density at radius 1 is 1.26 bits per heavy atom. The lowest BCUT2D eigenvalue weighted by Crippen LogP contribution is -2.57. The van der Waals surface area contributed by atoms with Crippen molar-refractivity contribution in [2.75, 3.05) is 39.3 Å². The lowest BCUT2D eigenvalue weighted by atomic mass is 9.90. The van der Waals surface area contributed by atoms with Gasteiger partial charge < -0.3 is 14.5 Å². The van der Waals surface area contributed by atoms with Gasteiger partial charge in [-0.25, -0.2) is 4.99 Å². The first-order chi connectivity index (χ1) is 13.0. The molecule has 1 N–H and O–H groups in total. The minimum atomic E-state index is -0.965. The van der Waals surface area contributed by atoms with Crippen molar-refractivity contribution < 1.29 is 14.3 Å². The van der Waals surface area contributed by atoms with Gasteiger partial charge in [-0.3, -0.25) is 14.9 Å². The van der Waals surface area contributed by atoms with Crippen LogP contribution >= 0.6 is 0 Å². The van der Waals surface area contributed by atoms with Crippen LogP contribution in [0.15, 0.2) is 29.3 Å². The number of carbonyl (C=O) groups excluding carboxylic acids is 2. The molecule has 1 amide bonds. The van der Waals surface area contributed by atoms with Crippen LogP contribution < -0.4 is 5.32 Å². The Morgan fingerprint density at radius 3 is 2.63 bits per heavy atom. The van der Waals surface area contributed by atoms with Crippen molar-refractivity contribution in [3.63, 3.8) is 0 Å². The van der Waals surface area contributed by atoms with Crippen LogP contribution in [0.1, 0.15) is 31.0 Å². The van der Waals surface area contributed by atoms with Gasteiger partial charge in [0.2, 0.25) is 11.9 Å². The number of esters is 1. The molecule has 2 heterocycles. The smallest absolute Gasteiger partial charge is 0.321 e. The molecule has 7 heteroatoms. The fourth-order valence-corrected chi connectivity index (χ4v) is 3.60. The van der Waals surface area contributed by atoms with Gasteiger partial charge in [0.15, 0.2) is 5.92 Å². The molecule has 1 aromatic rings. The molecule has 2 aliphatic rings. The van der Waals surface area contributed by atoms with E-state index in [0.717, 1.165) is 43.9 Å². The Kier molecular flexibility index (Phi) is 6.11. The van der Waals surface area contributed by atoms with Gasteiger partial charge in [0.1, 0.15) is 6.04 Å². The lowest BCUT2D eigenvalue weighted by molar-refractivity contribution is -0.153. The molecule has 0 aromatic heterocycles. The number of piperazine rings is 1. The highest BCUT2D eigenvalue weighted by atomic mass is 16.5. The van der Waals surface area contributed by atoms with Crippen molar-refractivity contribution in [3.05, 3.63) is 35.4 Å². The standard InChI is InChI=1S/C20H28N4O3/c1-4-23-9-11-24(12-10-23)20-21-17(15-8-6-7-14(3)13-15)16(18(25)22-20)19(26)27-5-2/h6-8,13,16-17H,4-5,9-12H2,1-3H3,(H,21,22,25). The van der Waals surface area contributed by atoms with Crippen molar-refractivity contribution in [1.29, 1.82) is 0 Å². The molecule has 0 saturated carbocycles. The molecule has 27 heavy (non-hydrogen) atoms. The van der Waals surface area contributed by atoms with Crippen molar-refractivity contribution in [2.45, 2.75) is 26.8 Å². The summed E-state index contributed by atoms with van der Waals surface area (Å²) in [6.07, 6.45) is 0. The first-order valence-electron chi connectivity index (χ1n) is 9.62. The van der Waals surface area contributed by atoms with Crippen LogP contribution in [0.4, 0.5) is 0 Å². The van der Waals surface area contributed by atoms with Crippen molar-refractivity contribution in [2.24, 2.45) is 10.9 Å². The fourth-order valence-electron chi connectivity index (χ4n) is 3.60. The highest BCUT2D eigenvalue weighted by Gasteiger charge is 2.42. The van der Waals surface area contributed by atoms with Crippen LogP contribution in [0.2, 0.25) is 0 Å². The number of nitrogens with zero attached hydrogens (tertiary/aromatic N) is 3. The van der Waals surface area contributed by atoms with Crippen LogP contribution in [-0.2, 0) is 14.3 Å². The number of ether oxygens (including phenoxy) is 1. The number of amides is 1. The molecule has 3 rings (SSSR count). The maximum atomic E-state index is 12.8. The molecule has 0 aliphatic carbocycles. The summed E-state index contributed by atoms with van der Waals surface area (Å²) in [5, 5.41) is 2.84. The third-order valence-electron chi connectivity index (χ3n) is 5.14. The summed E-state index contributed by atoms with van der Waals surface area (Å²) in [5.74, 6) is -1.28. The summed E-state index contributed by atoms with van der Waals surface area (Å²) in [6.45, 7) is 10.6. The summed E-state index contributed by atoms with van der Waals surface area (Å²) in [7, 11) is 0. The first-order valence-corrected chi connectivity index (χ1v) is 9.62. The highest BCUT2D eigenvalue weighted by Crippen LogP contribution is 2.31. The van der Waals surface area contributed by atoms with Crippen LogP contribution in [0.5, 0.6) is 0 Å². The van der Waals surface area contributed by atoms with E-state index in [1.807, 2.05) is 31.2 Å². The Morgan fingerprint density at radius 2 is 2.00 bits per heavy atom. The molecular weight excluding hydrogens is 344 g/mol. The molecule has 2 aliphatic heterocycles. The van der Waals surface area contributed by atoms with Crippen LogP contribution in [-0.4, -0.2) is 67.0 Å². The number of guanidine groups is 1. The number of hydrogen-bond donors (Lipinski definition) is 1. The molecule has 1 saturated heterocycles. The predicted molar refractivity (Wildman–Crippen MR) is 103 cm³/mol. The Balaban J connectivity index is 1.91. The van der Waals surface area contributed by atoms with E-state index in [1.54, 1.807) is 6.92 Å². The number of rotatable bonds is 4. The third kappa shape index (κ3) is 4.30. The molecule has 1 fully saturated rings. The second kappa shape index (κ2) is 8.52. The van der Waals surface area contributed by atoms with E-state index < -0.39 is 17.9 Å². The van der Waals surface area contributed by atoms with Gasteiger partial charge in [-0.2, -0.15) is 0 Å². The van der Waals surface area contributed by atoms with Gasteiger partial charge in [-0.15, -0.1) is 0 Å². The molecule has 2 unspecified atom stereocenters. The number of aliphatic imine (C=N–C) groups is 1. The van der Waals surface area contributed by atoms with Gasteiger partial charge in [0.25, 0.3) is 0 Å². The van der Waals surface area contributed by atoms with Crippen molar-refractivity contribution >= 4 is 17.8 Å². The fraction of sp³-hybridized carbons (Fsp3) is 0.550. The Bertz CT molecular complexity index is 726. The summed E-state index contributed by atoms with van der Waals surface area (Å²) < 4.78 is 5.15. The third-order valence-corrected chi connectivity index (χ3v) is 5.14. The summed E-state index contributed by atoms with van der Waals surface area (Å²) in [5.41, 5.74) is 1.92. The van der Waals surface area contributed by atoms with E-state index in [-0.39, 0.29) is 12.5 Å². The Labute approximate surface area is 160 Å².